The normalized spacial score (nSPS) is 11.6. The first-order valence-corrected chi connectivity index (χ1v) is 8.41. The van der Waals surface area contributed by atoms with Gasteiger partial charge in [0, 0.05) is 6.54 Å². The second-order valence-corrected chi connectivity index (χ2v) is 6.00. The van der Waals surface area contributed by atoms with Crippen molar-refractivity contribution in [2.75, 3.05) is 0 Å². The lowest BCUT2D eigenvalue weighted by Gasteiger charge is -2.07. The summed E-state index contributed by atoms with van der Waals surface area (Å²) in [4.78, 5) is 4.63. The molecular formula is C21H24N2. The zero-order chi connectivity index (χ0) is 16.1. The summed E-state index contributed by atoms with van der Waals surface area (Å²) in [5.41, 5.74) is 5.05. The minimum Gasteiger partial charge on any atom is -0.328 e. The van der Waals surface area contributed by atoms with Crippen LogP contribution in [0.4, 0.5) is 0 Å². The molecule has 0 fully saturated rings. The van der Waals surface area contributed by atoms with E-state index in [1.54, 1.807) is 0 Å². The predicted octanol–water partition coefficient (Wildman–Crippen LogP) is 5.40. The minimum atomic E-state index is 1.04. The van der Waals surface area contributed by atoms with E-state index in [0.717, 1.165) is 24.3 Å². The van der Waals surface area contributed by atoms with Crippen molar-refractivity contribution in [3.8, 4) is 0 Å². The molecular weight excluding hydrogens is 280 g/mol. The third-order valence-electron chi connectivity index (χ3n) is 4.28. The first-order valence-electron chi connectivity index (χ1n) is 8.41. The van der Waals surface area contributed by atoms with E-state index in [1.165, 1.54) is 29.5 Å². The summed E-state index contributed by atoms with van der Waals surface area (Å²) in [6, 6.07) is 17.3. The summed E-state index contributed by atoms with van der Waals surface area (Å²) in [6.07, 6.45) is 7.73. The molecule has 0 unspecified atom stereocenters. The van der Waals surface area contributed by atoms with E-state index >= 15 is 0 Å². The molecule has 0 amide bonds. The average molecular weight is 304 g/mol. The second-order valence-electron chi connectivity index (χ2n) is 6.00. The SMILES string of the molecule is CC=Cc1ccc(CCCCn2c(C)nc3ccccc32)cc1. The molecule has 0 saturated carbocycles. The number of unbranched alkanes of at least 4 members (excludes halogenated alkanes) is 1. The summed E-state index contributed by atoms with van der Waals surface area (Å²) < 4.78 is 2.34. The molecule has 1 aromatic heterocycles. The quantitative estimate of drug-likeness (QED) is 0.557. The molecule has 0 bridgehead atoms. The van der Waals surface area contributed by atoms with Crippen LogP contribution in [0.25, 0.3) is 17.1 Å². The Bertz CT molecular complexity index is 794. The number of hydrogen-bond acceptors (Lipinski definition) is 1. The number of allylic oxidation sites excluding steroid dienone is 1. The maximum absolute atomic E-state index is 4.63. The van der Waals surface area contributed by atoms with Gasteiger partial charge < -0.3 is 4.57 Å². The van der Waals surface area contributed by atoms with Gasteiger partial charge in [-0.05, 0) is 56.4 Å². The number of imidazole rings is 1. The Morgan fingerprint density at radius 1 is 1.00 bits per heavy atom. The van der Waals surface area contributed by atoms with E-state index in [4.69, 9.17) is 0 Å². The highest BCUT2D eigenvalue weighted by molar-refractivity contribution is 5.75. The van der Waals surface area contributed by atoms with E-state index in [0.29, 0.717) is 0 Å². The van der Waals surface area contributed by atoms with Crippen LogP contribution < -0.4 is 0 Å². The number of aryl methyl sites for hydroxylation is 3. The third-order valence-corrected chi connectivity index (χ3v) is 4.28. The van der Waals surface area contributed by atoms with Crippen molar-refractivity contribution in [3.63, 3.8) is 0 Å². The van der Waals surface area contributed by atoms with Gasteiger partial charge in [-0.1, -0.05) is 48.6 Å². The number of fused-ring (bicyclic) bond motifs is 1. The molecule has 2 heteroatoms. The molecule has 118 valence electrons. The van der Waals surface area contributed by atoms with Crippen molar-refractivity contribution >= 4 is 17.1 Å². The lowest BCUT2D eigenvalue weighted by Crippen LogP contribution is -2.01. The maximum atomic E-state index is 4.63. The second kappa shape index (κ2) is 7.28. The van der Waals surface area contributed by atoms with Crippen molar-refractivity contribution in [1.82, 2.24) is 9.55 Å². The van der Waals surface area contributed by atoms with Gasteiger partial charge in [0.2, 0.25) is 0 Å². The lowest BCUT2D eigenvalue weighted by atomic mass is 10.1. The van der Waals surface area contributed by atoms with Crippen LogP contribution in [0.1, 0.15) is 36.7 Å². The van der Waals surface area contributed by atoms with Gasteiger partial charge in [-0.25, -0.2) is 4.98 Å². The molecule has 2 nitrogen and oxygen atoms in total. The number of hydrogen-bond donors (Lipinski definition) is 0. The summed E-state index contributed by atoms with van der Waals surface area (Å²) in [7, 11) is 0. The van der Waals surface area contributed by atoms with Crippen LogP contribution in [0.15, 0.2) is 54.6 Å². The van der Waals surface area contributed by atoms with Crippen LogP contribution in [0.5, 0.6) is 0 Å². The molecule has 0 aliphatic heterocycles. The smallest absolute Gasteiger partial charge is 0.106 e. The van der Waals surface area contributed by atoms with Crippen LogP contribution in [-0.4, -0.2) is 9.55 Å². The van der Waals surface area contributed by atoms with Gasteiger partial charge in [-0.2, -0.15) is 0 Å². The molecule has 3 rings (SSSR count). The minimum absolute atomic E-state index is 1.04. The summed E-state index contributed by atoms with van der Waals surface area (Å²) in [6.45, 7) is 5.19. The van der Waals surface area contributed by atoms with Crippen molar-refractivity contribution in [1.29, 1.82) is 0 Å². The van der Waals surface area contributed by atoms with Gasteiger partial charge in [0.25, 0.3) is 0 Å². The highest BCUT2D eigenvalue weighted by atomic mass is 15.1. The first kappa shape index (κ1) is 15.5. The predicted molar refractivity (Wildman–Crippen MR) is 98.6 cm³/mol. The Hall–Kier alpha value is -2.35. The van der Waals surface area contributed by atoms with Crippen molar-refractivity contribution in [3.05, 3.63) is 71.6 Å². The van der Waals surface area contributed by atoms with Crippen LogP contribution in [0.3, 0.4) is 0 Å². The van der Waals surface area contributed by atoms with E-state index in [-0.39, 0.29) is 0 Å². The van der Waals surface area contributed by atoms with E-state index in [1.807, 2.05) is 0 Å². The highest BCUT2D eigenvalue weighted by Crippen LogP contribution is 2.17. The topological polar surface area (TPSA) is 17.8 Å². The van der Waals surface area contributed by atoms with Crippen LogP contribution >= 0.6 is 0 Å². The maximum Gasteiger partial charge on any atom is 0.106 e. The Morgan fingerprint density at radius 3 is 2.57 bits per heavy atom. The molecule has 0 N–H and O–H groups in total. The van der Waals surface area contributed by atoms with Gasteiger partial charge in [0.15, 0.2) is 0 Å². The Kier molecular flexibility index (Phi) is 4.92. The molecule has 1 heterocycles. The van der Waals surface area contributed by atoms with Gasteiger partial charge in [0.1, 0.15) is 5.82 Å². The Balaban J connectivity index is 1.56. The zero-order valence-corrected chi connectivity index (χ0v) is 14.0. The summed E-state index contributed by atoms with van der Waals surface area (Å²) in [5.74, 6) is 1.11. The Morgan fingerprint density at radius 2 is 1.78 bits per heavy atom. The van der Waals surface area contributed by atoms with Crippen molar-refractivity contribution < 1.29 is 0 Å². The summed E-state index contributed by atoms with van der Waals surface area (Å²) in [5, 5.41) is 0. The molecule has 0 aliphatic carbocycles. The highest BCUT2D eigenvalue weighted by Gasteiger charge is 2.05. The summed E-state index contributed by atoms with van der Waals surface area (Å²) >= 11 is 0. The number of nitrogens with zero attached hydrogens (tertiary/aromatic N) is 2. The molecule has 3 aromatic rings. The van der Waals surface area contributed by atoms with E-state index in [2.05, 4.69) is 84.1 Å². The number of para-hydroxylation sites is 2. The van der Waals surface area contributed by atoms with Gasteiger partial charge in [0.05, 0.1) is 11.0 Å². The van der Waals surface area contributed by atoms with Crippen molar-refractivity contribution in [2.45, 2.75) is 39.7 Å². The molecule has 0 atom stereocenters. The standard InChI is InChI=1S/C21H24N2/c1-3-8-18-12-14-19(15-13-18)9-6-7-16-23-17(2)22-20-10-4-5-11-21(20)23/h3-5,8,10-15H,6-7,9,16H2,1-2H3. The van der Waals surface area contributed by atoms with E-state index in [9.17, 15) is 0 Å². The van der Waals surface area contributed by atoms with Crippen LogP contribution in [0.2, 0.25) is 0 Å². The van der Waals surface area contributed by atoms with Gasteiger partial charge >= 0.3 is 0 Å². The molecule has 2 aromatic carbocycles. The van der Waals surface area contributed by atoms with Gasteiger partial charge in [-0.3, -0.25) is 0 Å². The van der Waals surface area contributed by atoms with Crippen LogP contribution in [-0.2, 0) is 13.0 Å². The van der Waals surface area contributed by atoms with Gasteiger partial charge in [-0.15, -0.1) is 0 Å². The largest absolute Gasteiger partial charge is 0.328 e. The van der Waals surface area contributed by atoms with E-state index < -0.39 is 0 Å². The lowest BCUT2D eigenvalue weighted by molar-refractivity contribution is 0.609. The average Bonchev–Trinajstić information content (AvgIpc) is 2.89. The zero-order valence-electron chi connectivity index (χ0n) is 14.0. The molecule has 0 aliphatic rings. The molecule has 0 saturated heterocycles. The first-order chi connectivity index (χ1) is 11.3. The molecule has 0 spiro atoms. The Labute approximate surface area is 138 Å². The number of benzene rings is 2. The number of rotatable bonds is 6. The number of aromatic nitrogens is 2. The molecule has 23 heavy (non-hydrogen) atoms. The fourth-order valence-electron chi connectivity index (χ4n) is 3.07. The molecule has 0 radical (unpaired) electrons. The monoisotopic (exact) mass is 304 g/mol. The van der Waals surface area contributed by atoms with Crippen LogP contribution in [0, 0.1) is 6.92 Å². The fraction of sp³-hybridized carbons (Fsp3) is 0.286. The third kappa shape index (κ3) is 3.70. The van der Waals surface area contributed by atoms with Crippen molar-refractivity contribution in [2.24, 2.45) is 0 Å². The fourth-order valence-corrected chi connectivity index (χ4v) is 3.07.